The van der Waals surface area contributed by atoms with Crippen LogP contribution in [-0.4, -0.2) is 31.3 Å². The largest absolute Gasteiger partial charge is 0.306 e. The summed E-state index contributed by atoms with van der Waals surface area (Å²) in [6, 6.07) is 0. The van der Waals surface area contributed by atoms with E-state index in [1.807, 2.05) is 6.92 Å². The van der Waals surface area contributed by atoms with Crippen LogP contribution in [0.5, 0.6) is 0 Å². The fraction of sp³-hybridized carbons (Fsp3) is 0.769. The molecule has 0 aromatic heterocycles. The number of allylic oxidation sites excluding steroid dienone is 1. The molecule has 0 aromatic rings. The highest BCUT2D eigenvalue weighted by molar-refractivity contribution is 5.52. The van der Waals surface area contributed by atoms with E-state index in [1.165, 1.54) is 5.57 Å². The zero-order valence-corrected chi connectivity index (χ0v) is 10.6. The van der Waals surface area contributed by atoms with Crippen LogP contribution in [0.2, 0.25) is 0 Å². The Kier molecular flexibility index (Phi) is 8.30. The van der Waals surface area contributed by atoms with Crippen molar-refractivity contribution in [1.29, 1.82) is 0 Å². The Hall–Kier alpha value is -0.630. The maximum Gasteiger partial charge on any atom is 0.122 e. The van der Waals surface area contributed by atoms with Gasteiger partial charge < -0.3 is 9.69 Å². The molecule has 0 spiro atoms. The van der Waals surface area contributed by atoms with Crippen LogP contribution >= 0.6 is 0 Å². The molecule has 0 heterocycles. The van der Waals surface area contributed by atoms with Gasteiger partial charge in [-0.15, -0.1) is 0 Å². The van der Waals surface area contributed by atoms with E-state index in [9.17, 15) is 4.79 Å². The minimum absolute atomic E-state index is 0.194. The first-order valence-electron chi connectivity index (χ1n) is 5.89. The van der Waals surface area contributed by atoms with Gasteiger partial charge in [0.15, 0.2) is 0 Å². The Morgan fingerprint density at radius 3 is 2.60 bits per heavy atom. The predicted molar refractivity (Wildman–Crippen MR) is 66.0 cm³/mol. The fourth-order valence-corrected chi connectivity index (χ4v) is 1.42. The summed E-state index contributed by atoms with van der Waals surface area (Å²) in [6.07, 6.45) is 6.55. The van der Waals surface area contributed by atoms with Gasteiger partial charge in [-0.2, -0.15) is 0 Å². The molecule has 0 aromatic carbocycles. The summed E-state index contributed by atoms with van der Waals surface area (Å²) in [7, 11) is 2.12. The number of hydrogen-bond donors (Lipinski definition) is 0. The van der Waals surface area contributed by atoms with E-state index < -0.39 is 0 Å². The van der Waals surface area contributed by atoms with Crippen molar-refractivity contribution >= 4 is 6.29 Å². The Balaban J connectivity index is 3.61. The van der Waals surface area contributed by atoms with Crippen molar-refractivity contribution in [3.8, 4) is 0 Å². The zero-order valence-electron chi connectivity index (χ0n) is 10.6. The smallest absolute Gasteiger partial charge is 0.122 e. The minimum atomic E-state index is 0.194. The number of hydrogen-bond acceptors (Lipinski definition) is 2. The lowest BCUT2D eigenvalue weighted by molar-refractivity contribution is -0.110. The van der Waals surface area contributed by atoms with E-state index in [0.29, 0.717) is 0 Å². The van der Waals surface area contributed by atoms with Gasteiger partial charge in [-0.3, -0.25) is 0 Å². The number of aldehydes is 1. The van der Waals surface area contributed by atoms with E-state index in [2.05, 4.69) is 31.9 Å². The molecule has 88 valence electrons. The average Bonchev–Trinajstić information content (AvgIpc) is 2.23. The van der Waals surface area contributed by atoms with Crippen molar-refractivity contribution in [2.24, 2.45) is 5.92 Å². The summed E-state index contributed by atoms with van der Waals surface area (Å²) in [5.74, 6) is 0.194. The number of nitrogens with zero attached hydrogens (tertiary/aromatic N) is 1. The van der Waals surface area contributed by atoms with Gasteiger partial charge in [0.1, 0.15) is 6.29 Å². The van der Waals surface area contributed by atoms with Crippen molar-refractivity contribution in [3.63, 3.8) is 0 Å². The minimum Gasteiger partial charge on any atom is -0.306 e. The van der Waals surface area contributed by atoms with E-state index in [1.54, 1.807) is 0 Å². The second kappa shape index (κ2) is 8.66. The summed E-state index contributed by atoms with van der Waals surface area (Å²) >= 11 is 0. The molecule has 0 N–H and O–H groups in total. The van der Waals surface area contributed by atoms with Crippen molar-refractivity contribution in [2.75, 3.05) is 20.1 Å². The molecule has 0 aliphatic rings. The SMILES string of the molecule is CC/C=C(\C)CCN(C)CCC(C)C=O. The van der Waals surface area contributed by atoms with E-state index in [0.717, 1.165) is 38.6 Å². The van der Waals surface area contributed by atoms with Gasteiger partial charge in [-0.1, -0.05) is 25.5 Å². The van der Waals surface area contributed by atoms with Crippen LogP contribution in [0.25, 0.3) is 0 Å². The number of carbonyl (C=O) groups excluding carboxylic acids is 1. The average molecular weight is 211 g/mol. The first-order chi connectivity index (χ1) is 7.10. The van der Waals surface area contributed by atoms with Crippen LogP contribution in [0.1, 0.15) is 40.0 Å². The van der Waals surface area contributed by atoms with Crippen molar-refractivity contribution < 1.29 is 4.79 Å². The third-order valence-electron chi connectivity index (χ3n) is 2.64. The molecule has 0 radical (unpaired) electrons. The Morgan fingerprint density at radius 1 is 1.40 bits per heavy atom. The molecule has 2 heteroatoms. The third-order valence-corrected chi connectivity index (χ3v) is 2.64. The maximum atomic E-state index is 10.4. The highest BCUT2D eigenvalue weighted by atomic mass is 16.1. The molecule has 0 saturated heterocycles. The molecular weight excluding hydrogens is 186 g/mol. The summed E-state index contributed by atoms with van der Waals surface area (Å²) < 4.78 is 0. The second-order valence-corrected chi connectivity index (χ2v) is 4.41. The van der Waals surface area contributed by atoms with E-state index >= 15 is 0 Å². The lowest BCUT2D eigenvalue weighted by Gasteiger charge is -2.17. The lowest BCUT2D eigenvalue weighted by atomic mass is 10.1. The normalized spacial score (nSPS) is 14.3. The molecule has 15 heavy (non-hydrogen) atoms. The third kappa shape index (κ3) is 8.37. The van der Waals surface area contributed by atoms with E-state index in [4.69, 9.17) is 0 Å². The summed E-state index contributed by atoms with van der Waals surface area (Å²) in [5.41, 5.74) is 1.47. The first-order valence-corrected chi connectivity index (χ1v) is 5.89. The monoisotopic (exact) mass is 211 g/mol. The lowest BCUT2D eigenvalue weighted by Crippen LogP contribution is -2.22. The molecule has 1 atom stereocenters. The molecular formula is C13H25NO. The molecule has 0 aliphatic carbocycles. The summed E-state index contributed by atoms with van der Waals surface area (Å²) in [6.45, 7) is 8.43. The van der Waals surface area contributed by atoms with Crippen LogP contribution in [-0.2, 0) is 4.79 Å². The molecule has 1 unspecified atom stereocenters. The Morgan fingerprint density at radius 2 is 2.07 bits per heavy atom. The van der Waals surface area contributed by atoms with Gasteiger partial charge in [0, 0.05) is 12.5 Å². The molecule has 0 amide bonds. The summed E-state index contributed by atoms with van der Waals surface area (Å²) in [5, 5.41) is 0. The molecule has 0 saturated carbocycles. The van der Waals surface area contributed by atoms with Crippen molar-refractivity contribution in [1.82, 2.24) is 4.90 Å². The topological polar surface area (TPSA) is 20.3 Å². The molecule has 2 nitrogen and oxygen atoms in total. The Labute approximate surface area is 94.4 Å². The zero-order chi connectivity index (χ0) is 11.7. The highest BCUT2D eigenvalue weighted by Crippen LogP contribution is 2.04. The predicted octanol–water partition coefficient (Wildman–Crippen LogP) is 2.89. The quantitative estimate of drug-likeness (QED) is 0.454. The Bertz CT molecular complexity index is 199. The van der Waals surface area contributed by atoms with Gasteiger partial charge >= 0.3 is 0 Å². The standard InChI is InChI=1S/C13H25NO/c1-5-6-12(2)7-9-14(4)10-8-13(3)11-15/h6,11,13H,5,7-10H2,1-4H3/b12-6+. The fourth-order valence-electron chi connectivity index (χ4n) is 1.42. The van der Waals surface area contributed by atoms with Gasteiger partial charge in [0.25, 0.3) is 0 Å². The molecule has 0 fully saturated rings. The van der Waals surface area contributed by atoms with Crippen molar-refractivity contribution in [3.05, 3.63) is 11.6 Å². The number of carbonyl (C=O) groups is 1. The van der Waals surface area contributed by atoms with Gasteiger partial charge in [-0.05, 0) is 39.8 Å². The van der Waals surface area contributed by atoms with Crippen LogP contribution < -0.4 is 0 Å². The maximum absolute atomic E-state index is 10.4. The number of rotatable bonds is 8. The van der Waals surface area contributed by atoms with Gasteiger partial charge in [0.05, 0.1) is 0 Å². The van der Waals surface area contributed by atoms with Gasteiger partial charge in [0.2, 0.25) is 0 Å². The van der Waals surface area contributed by atoms with Crippen LogP contribution in [0, 0.1) is 5.92 Å². The van der Waals surface area contributed by atoms with Gasteiger partial charge in [-0.25, -0.2) is 0 Å². The second-order valence-electron chi connectivity index (χ2n) is 4.41. The highest BCUT2D eigenvalue weighted by Gasteiger charge is 2.03. The van der Waals surface area contributed by atoms with Crippen LogP contribution in [0.15, 0.2) is 11.6 Å². The molecule has 0 aliphatic heterocycles. The summed E-state index contributed by atoms with van der Waals surface area (Å²) in [4.78, 5) is 12.7. The first kappa shape index (κ1) is 14.4. The van der Waals surface area contributed by atoms with Crippen LogP contribution in [0.4, 0.5) is 0 Å². The van der Waals surface area contributed by atoms with Crippen LogP contribution in [0.3, 0.4) is 0 Å². The van der Waals surface area contributed by atoms with Crippen molar-refractivity contribution in [2.45, 2.75) is 40.0 Å². The molecule has 0 bridgehead atoms. The molecule has 0 rings (SSSR count). The van der Waals surface area contributed by atoms with E-state index in [-0.39, 0.29) is 5.92 Å².